The molecular formula is C21H21ClO6P+. The smallest absolute Gasteiger partial charge is 0.497 e. The summed E-state index contributed by atoms with van der Waals surface area (Å²) in [7, 11) is 1.56. The summed E-state index contributed by atoms with van der Waals surface area (Å²) < 4.78 is 33.3. The van der Waals surface area contributed by atoms with Crippen LogP contribution in [0.3, 0.4) is 0 Å². The minimum Gasteiger partial charge on any atom is -0.497 e. The summed E-state index contributed by atoms with van der Waals surface area (Å²) in [4.78, 5) is 0. The molecule has 0 fully saturated rings. The largest absolute Gasteiger partial charge is 0.553 e. The van der Waals surface area contributed by atoms with Gasteiger partial charge in [-0.3, -0.25) is 9.05 Å². The Bertz CT molecular complexity index is 850. The van der Waals surface area contributed by atoms with Crippen molar-refractivity contribution in [2.24, 2.45) is 0 Å². The lowest BCUT2D eigenvalue weighted by Crippen LogP contribution is -2.21. The Morgan fingerprint density at radius 2 is 0.828 bits per heavy atom. The van der Waals surface area contributed by atoms with Crippen molar-refractivity contribution in [3.8, 4) is 28.7 Å². The van der Waals surface area contributed by atoms with Gasteiger partial charge in [0.05, 0.1) is 21.3 Å². The molecule has 29 heavy (non-hydrogen) atoms. The van der Waals surface area contributed by atoms with E-state index in [4.69, 9.17) is 39.2 Å². The molecule has 0 radical (unpaired) electrons. The summed E-state index contributed by atoms with van der Waals surface area (Å²) in [5, 5.41) is 0.639. The molecule has 0 saturated carbocycles. The summed E-state index contributed by atoms with van der Waals surface area (Å²) in [6.45, 7) is 0. The van der Waals surface area contributed by atoms with Crippen LogP contribution in [0.4, 0.5) is 0 Å². The van der Waals surface area contributed by atoms with Crippen molar-refractivity contribution in [1.82, 2.24) is 0 Å². The molecule has 0 atom stereocenters. The van der Waals surface area contributed by atoms with E-state index in [1.807, 2.05) is 0 Å². The third-order valence-corrected chi connectivity index (χ3v) is 6.61. The third-order valence-electron chi connectivity index (χ3n) is 4.05. The number of ether oxygens (including phenoxy) is 3. The van der Waals surface area contributed by atoms with Gasteiger partial charge < -0.3 is 14.2 Å². The van der Waals surface area contributed by atoms with Gasteiger partial charge in [0.2, 0.25) is 5.30 Å². The van der Waals surface area contributed by atoms with Crippen LogP contribution in [0.5, 0.6) is 28.7 Å². The van der Waals surface area contributed by atoms with Crippen molar-refractivity contribution < 1.29 is 27.3 Å². The molecule has 152 valence electrons. The summed E-state index contributed by atoms with van der Waals surface area (Å²) >= 11 is 5.97. The minimum atomic E-state index is -3.22. The van der Waals surface area contributed by atoms with Gasteiger partial charge >= 0.3 is 7.94 Å². The Morgan fingerprint density at radius 3 is 1.14 bits per heavy atom. The maximum Gasteiger partial charge on any atom is 0.553 e. The summed E-state index contributed by atoms with van der Waals surface area (Å²) in [6.07, 6.45) is 0. The van der Waals surface area contributed by atoms with Gasteiger partial charge in [-0.2, -0.15) is 0 Å². The van der Waals surface area contributed by atoms with Crippen molar-refractivity contribution in [1.29, 1.82) is 0 Å². The fourth-order valence-corrected chi connectivity index (χ4v) is 4.61. The zero-order valence-electron chi connectivity index (χ0n) is 16.2. The van der Waals surface area contributed by atoms with Crippen LogP contribution in [-0.2, 0) is 4.08 Å². The van der Waals surface area contributed by atoms with Gasteiger partial charge in [0.25, 0.3) is 0 Å². The lowest BCUT2D eigenvalue weighted by Gasteiger charge is -2.20. The molecule has 0 bridgehead atoms. The second-order valence-electron chi connectivity index (χ2n) is 5.80. The van der Waals surface area contributed by atoms with Gasteiger partial charge in [0.1, 0.15) is 29.1 Å². The highest BCUT2D eigenvalue weighted by molar-refractivity contribution is 7.71. The van der Waals surface area contributed by atoms with Gasteiger partial charge in [-0.25, -0.2) is 0 Å². The Balaban J connectivity index is 1.98. The Morgan fingerprint density at radius 1 is 0.517 bits per heavy atom. The molecule has 0 amide bonds. The van der Waals surface area contributed by atoms with Gasteiger partial charge in [-0.05, 0) is 76.9 Å². The van der Waals surface area contributed by atoms with E-state index in [-0.39, 0.29) is 0 Å². The monoisotopic (exact) mass is 435 g/mol. The molecule has 3 rings (SSSR count). The van der Waals surface area contributed by atoms with Gasteiger partial charge in [0.15, 0.2) is 11.5 Å². The van der Waals surface area contributed by atoms with Crippen LogP contribution in [0.1, 0.15) is 0 Å². The van der Waals surface area contributed by atoms with Crippen LogP contribution in [0.15, 0.2) is 72.8 Å². The Labute approximate surface area is 175 Å². The first-order valence-electron chi connectivity index (χ1n) is 8.64. The van der Waals surface area contributed by atoms with E-state index in [1.54, 1.807) is 94.1 Å². The molecule has 3 aromatic carbocycles. The summed E-state index contributed by atoms with van der Waals surface area (Å²) in [5.74, 6) is 3.13. The van der Waals surface area contributed by atoms with E-state index in [0.717, 1.165) is 0 Å². The number of benzene rings is 3. The second-order valence-corrected chi connectivity index (χ2v) is 8.23. The van der Waals surface area contributed by atoms with Crippen LogP contribution in [0.25, 0.3) is 0 Å². The van der Waals surface area contributed by atoms with Gasteiger partial charge in [-0.1, -0.05) is 0 Å². The number of hydrogen-bond acceptors (Lipinski definition) is 6. The molecule has 0 aromatic heterocycles. The first kappa shape index (κ1) is 21.1. The van der Waals surface area contributed by atoms with E-state index < -0.39 is 7.94 Å². The van der Waals surface area contributed by atoms with Gasteiger partial charge in [0, 0.05) is 0 Å². The van der Waals surface area contributed by atoms with E-state index in [0.29, 0.717) is 34.1 Å². The quantitative estimate of drug-likeness (QED) is 0.418. The fourth-order valence-electron chi connectivity index (χ4n) is 2.51. The number of rotatable bonds is 9. The molecule has 0 saturated heterocycles. The highest BCUT2D eigenvalue weighted by Gasteiger charge is 2.52. The summed E-state index contributed by atoms with van der Waals surface area (Å²) in [6, 6.07) is 21.3. The number of halogens is 1. The SMILES string of the molecule is COc1ccc(O[P+](OCl)(Oc2ccc(OC)cc2)c2ccc(OC)cc2)cc1. The molecule has 0 spiro atoms. The van der Waals surface area contributed by atoms with E-state index in [9.17, 15) is 0 Å². The molecule has 0 aliphatic rings. The van der Waals surface area contributed by atoms with Crippen molar-refractivity contribution in [2.45, 2.75) is 0 Å². The lowest BCUT2D eigenvalue weighted by molar-refractivity contribution is 0.380. The molecule has 0 aliphatic heterocycles. The number of hydrogen-bond donors (Lipinski definition) is 0. The van der Waals surface area contributed by atoms with Crippen LogP contribution in [0, 0.1) is 0 Å². The van der Waals surface area contributed by atoms with E-state index in [2.05, 4.69) is 0 Å². The van der Waals surface area contributed by atoms with E-state index >= 15 is 0 Å². The van der Waals surface area contributed by atoms with Crippen LogP contribution < -0.4 is 28.6 Å². The standard InChI is InChI=1S/C21H21ClO6P/c1-23-16-4-8-19(9-5-16)26-29(28-22,21-14-12-18(25-3)13-15-21)27-20-10-6-17(24-2)7-11-20/h4-15H,1-3H3/q+1. The summed E-state index contributed by atoms with van der Waals surface area (Å²) in [5.41, 5.74) is 0. The van der Waals surface area contributed by atoms with Crippen molar-refractivity contribution in [3.63, 3.8) is 0 Å². The average Bonchev–Trinajstić information content (AvgIpc) is 2.79. The molecule has 0 aliphatic carbocycles. The zero-order valence-corrected chi connectivity index (χ0v) is 17.9. The van der Waals surface area contributed by atoms with Crippen molar-refractivity contribution >= 4 is 25.1 Å². The van der Waals surface area contributed by atoms with E-state index in [1.165, 1.54) is 0 Å². The highest BCUT2D eigenvalue weighted by Crippen LogP contribution is 2.61. The zero-order chi connectivity index (χ0) is 20.7. The molecule has 3 aromatic rings. The van der Waals surface area contributed by atoms with Crippen LogP contribution in [0.2, 0.25) is 0 Å². The molecular weight excluding hydrogens is 415 g/mol. The van der Waals surface area contributed by atoms with Gasteiger partial charge in [-0.15, -0.1) is 0 Å². The topological polar surface area (TPSA) is 55.4 Å². The maximum absolute atomic E-state index is 6.18. The molecule has 0 N–H and O–H groups in total. The predicted octanol–water partition coefficient (Wildman–Crippen LogP) is 5.43. The third kappa shape index (κ3) is 5.04. The fraction of sp³-hybridized carbons (Fsp3) is 0.143. The molecule has 8 heteroatoms. The second kappa shape index (κ2) is 9.70. The molecule has 0 heterocycles. The Kier molecular flexibility index (Phi) is 7.04. The minimum absolute atomic E-state index is 0.518. The highest BCUT2D eigenvalue weighted by atomic mass is 35.5. The number of methoxy groups -OCH3 is 3. The Hall–Kier alpha value is -2.66. The first-order chi connectivity index (χ1) is 14.1. The lowest BCUT2D eigenvalue weighted by atomic mass is 10.3. The van der Waals surface area contributed by atoms with Crippen LogP contribution in [-0.4, -0.2) is 21.3 Å². The van der Waals surface area contributed by atoms with Crippen molar-refractivity contribution in [3.05, 3.63) is 72.8 Å². The van der Waals surface area contributed by atoms with Crippen LogP contribution >= 0.6 is 19.8 Å². The normalized spacial score (nSPS) is 10.9. The first-order valence-corrected chi connectivity index (χ1v) is 10.5. The predicted molar refractivity (Wildman–Crippen MR) is 114 cm³/mol. The average molecular weight is 436 g/mol. The molecule has 0 unspecified atom stereocenters. The molecule has 6 nitrogen and oxygen atoms in total. The van der Waals surface area contributed by atoms with Crippen molar-refractivity contribution in [2.75, 3.05) is 21.3 Å². The maximum atomic E-state index is 6.18.